The van der Waals surface area contributed by atoms with Crippen LogP contribution in [0.25, 0.3) is 0 Å². The lowest BCUT2D eigenvalue weighted by Crippen LogP contribution is -2.47. The van der Waals surface area contributed by atoms with Crippen LogP contribution in [-0.4, -0.2) is 74.3 Å². The van der Waals surface area contributed by atoms with E-state index in [0.717, 1.165) is 57.8 Å². The number of likely N-dealkylation sites (N-methyl/N-ethyl adjacent to an activating group) is 1. The van der Waals surface area contributed by atoms with Crippen molar-refractivity contribution in [3.05, 3.63) is 60.8 Å². The molecule has 0 fully saturated rings. The van der Waals surface area contributed by atoms with Crippen molar-refractivity contribution in [2.75, 3.05) is 40.9 Å². The summed E-state index contributed by atoms with van der Waals surface area (Å²) in [6.45, 7) is 6.95. The van der Waals surface area contributed by atoms with Crippen molar-refractivity contribution in [2.45, 2.75) is 303 Å². The van der Waals surface area contributed by atoms with Gasteiger partial charge in [-0.1, -0.05) is 255 Å². The Morgan fingerprint density at radius 3 is 1.25 bits per heavy atom. The highest BCUT2D eigenvalue weighted by molar-refractivity contribution is 7.47. The normalized spacial score (nSPS) is 14.1. The number of phosphoric acid groups is 1. The van der Waals surface area contributed by atoms with Gasteiger partial charge in [0.05, 0.1) is 33.8 Å². The van der Waals surface area contributed by atoms with E-state index in [0.29, 0.717) is 17.4 Å². The van der Waals surface area contributed by atoms with Gasteiger partial charge in [-0.15, -0.1) is 0 Å². The van der Waals surface area contributed by atoms with Crippen molar-refractivity contribution in [3.63, 3.8) is 0 Å². The summed E-state index contributed by atoms with van der Waals surface area (Å²) in [4.78, 5) is 37.6. The molecule has 75 heavy (non-hydrogen) atoms. The summed E-state index contributed by atoms with van der Waals surface area (Å²) in [5.41, 5.74) is 0. The number of quaternary nitrogens is 1. The molecule has 10 heteroatoms. The Bertz CT molecular complexity index is 1470. The van der Waals surface area contributed by atoms with E-state index in [9.17, 15) is 19.0 Å². The van der Waals surface area contributed by atoms with Gasteiger partial charge in [0.2, 0.25) is 5.91 Å². The molecule has 0 aliphatic rings. The van der Waals surface area contributed by atoms with Gasteiger partial charge in [-0.05, 0) is 83.1 Å². The molecule has 438 valence electrons. The van der Waals surface area contributed by atoms with Crippen LogP contribution in [0.15, 0.2) is 60.8 Å². The van der Waals surface area contributed by atoms with Crippen LogP contribution in [0.5, 0.6) is 0 Å². The Kier molecular flexibility index (Phi) is 53.4. The molecule has 3 atom stereocenters. The van der Waals surface area contributed by atoms with Crippen molar-refractivity contribution in [2.24, 2.45) is 0 Å². The molecule has 0 saturated carbocycles. The quantitative estimate of drug-likeness (QED) is 0.0205. The summed E-state index contributed by atoms with van der Waals surface area (Å²) >= 11 is 0. The second kappa shape index (κ2) is 55.0. The molecule has 0 saturated heterocycles. The molecule has 9 nitrogen and oxygen atoms in total. The Labute approximate surface area is 464 Å². The Morgan fingerprint density at radius 1 is 0.467 bits per heavy atom. The standard InChI is InChI=1S/C65H121N2O7P/c1-7-10-13-16-19-22-25-28-29-30-31-32-33-34-35-36-37-40-43-46-49-52-55-58-65(69)74-63(56-53-50-47-44-41-38-26-23-20-17-14-11-8-2)62(61-73-75(70,71)72-60-59-67(4,5)6)66-64(68)57-54-51-48-45-42-39-27-24-21-18-15-12-9-3/h19,22,28-29,39,42,48,51,53,56,62-63H,7-18,20-21,23-27,30-38,40-41,43-47,49-50,52,54-55,57-61H2,1-6H3,(H-,66,68,70,71)/p+1/b22-19-,29-28-,42-39-,51-48+,56-53-. The number of nitrogens with zero attached hydrogens (tertiary/aromatic N) is 1. The summed E-state index contributed by atoms with van der Waals surface area (Å²) < 4.78 is 30.6. The summed E-state index contributed by atoms with van der Waals surface area (Å²) in [6.07, 6.45) is 69.5. The molecule has 0 aromatic heterocycles. The first-order chi connectivity index (χ1) is 36.4. The maximum absolute atomic E-state index is 13.5. The molecule has 3 unspecified atom stereocenters. The van der Waals surface area contributed by atoms with Crippen molar-refractivity contribution in [1.29, 1.82) is 0 Å². The van der Waals surface area contributed by atoms with E-state index < -0.39 is 20.0 Å². The average molecular weight is 1070 g/mol. The van der Waals surface area contributed by atoms with Gasteiger partial charge in [-0.25, -0.2) is 4.57 Å². The van der Waals surface area contributed by atoms with Crippen LogP contribution in [0.2, 0.25) is 0 Å². The van der Waals surface area contributed by atoms with Crippen molar-refractivity contribution in [1.82, 2.24) is 5.32 Å². The van der Waals surface area contributed by atoms with Gasteiger partial charge >= 0.3 is 13.8 Å². The lowest BCUT2D eigenvalue weighted by Gasteiger charge is -2.27. The lowest BCUT2D eigenvalue weighted by molar-refractivity contribution is -0.870. The van der Waals surface area contributed by atoms with E-state index in [-0.39, 0.29) is 37.9 Å². The van der Waals surface area contributed by atoms with Crippen LogP contribution < -0.4 is 5.32 Å². The zero-order valence-corrected chi connectivity index (χ0v) is 50.9. The molecule has 0 aromatic rings. The number of nitrogens with one attached hydrogen (secondary N) is 1. The molecule has 0 bridgehead atoms. The molecule has 2 N–H and O–H groups in total. The van der Waals surface area contributed by atoms with E-state index in [1.54, 1.807) is 0 Å². The van der Waals surface area contributed by atoms with Gasteiger partial charge < -0.3 is 19.4 Å². The zero-order chi connectivity index (χ0) is 55.0. The third-order valence-corrected chi connectivity index (χ3v) is 14.9. The van der Waals surface area contributed by atoms with Crippen molar-refractivity contribution in [3.8, 4) is 0 Å². The first kappa shape index (κ1) is 72.7. The monoisotopic (exact) mass is 1070 g/mol. The summed E-state index contributed by atoms with van der Waals surface area (Å²) in [5, 5.41) is 3.01. The van der Waals surface area contributed by atoms with Crippen LogP contribution in [0.4, 0.5) is 0 Å². The maximum atomic E-state index is 13.5. The molecule has 0 spiro atoms. The van der Waals surface area contributed by atoms with Gasteiger partial charge in [0, 0.05) is 12.8 Å². The lowest BCUT2D eigenvalue weighted by atomic mass is 10.0. The van der Waals surface area contributed by atoms with E-state index in [4.69, 9.17) is 13.8 Å². The number of phosphoric ester groups is 1. The third kappa shape index (κ3) is 56.2. The molecule has 0 rings (SSSR count). The fourth-order valence-electron chi connectivity index (χ4n) is 9.02. The van der Waals surface area contributed by atoms with E-state index in [2.05, 4.69) is 68.6 Å². The van der Waals surface area contributed by atoms with E-state index in [1.807, 2.05) is 39.4 Å². The molecule has 0 aromatic carbocycles. The van der Waals surface area contributed by atoms with Gasteiger partial charge in [-0.3, -0.25) is 18.6 Å². The highest BCUT2D eigenvalue weighted by atomic mass is 31.2. The number of hydrogen-bond donors (Lipinski definition) is 2. The number of ether oxygens (including phenoxy) is 1. The Morgan fingerprint density at radius 2 is 0.827 bits per heavy atom. The van der Waals surface area contributed by atoms with Crippen LogP contribution >= 0.6 is 7.82 Å². The van der Waals surface area contributed by atoms with Crippen molar-refractivity contribution < 1.29 is 37.3 Å². The summed E-state index contributed by atoms with van der Waals surface area (Å²) in [7, 11) is 1.47. The first-order valence-corrected chi connectivity index (χ1v) is 33.1. The number of allylic oxidation sites excluding steroid dienone is 9. The Hall–Kier alpha value is -2.29. The number of rotatable bonds is 57. The molecule has 1 amide bonds. The van der Waals surface area contributed by atoms with Gasteiger partial charge in [-0.2, -0.15) is 0 Å². The fourth-order valence-corrected chi connectivity index (χ4v) is 9.76. The third-order valence-electron chi connectivity index (χ3n) is 13.9. The topological polar surface area (TPSA) is 111 Å². The molecular formula is C65H122N2O7P+. The summed E-state index contributed by atoms with van der Waals surface area (Å²) in [6, 6.07) is -0.878. The largest absolute Gasteiger partial charge is 0.472 e. The minimum atomic E-state index is -4.46. The minimum Gasteiger partial charge on any atom is -0.456 e. The SMILES string of the molecule is CCCCC/C=C\C/C=C\CCCCCCCCCCCCCCCC(=O)OC(/C=C\CCCCCCCCCCCCC)C(COP(=O)(O)OCC[N+](C)(C)C)NC(=O)CC/C=C/C/C=C\CCCCCCCC. The average Bonchev–Trinajstić information content (AvgIpc) is 3.37. The molecular weight excluding hydrogens is 952 g/mol. The van der Waals surface area contributed by atoms with E-state index >= 15 is 0 Å². The molecule has 0 aliphatic carbocycles. The fraction of sp³-hybridized carbons (Fsp3) is 0.815. The Balaban J connectivity index is 5.21. The second-order valence-corrected chi connectivity index (χ2v) is 24.0. The molecule has 0 aliphatic heterocycles. The number of unbranched alkanes of at least 4 members (excludes halogenated alkanes) is 33. The number of amides is 1. The van der Waals surface area contributed by atoms with Crippen LogP contribution in [0.1, 0.15) is 290 Å². The van der Waals surface area contributed by atoms with Crippen LogP contribution in [0, 0.1) is 0 Å². The highest BCUT2D eigenvalue weighted by Gasteiger charge is 2.30. The van der Waals surface area contributed by atoms with Crippen LogP contribution in [-0.2, 0) is 27.9 Å². The number of hydrogen-bond acceptors (Lipinski definition) is 6. The molecule has 0 heterocycles. The number of carbonyl (C=O) groups is 2. The van der Waals surface area contributed by atoms with Gasteiger partial charge in [0.25, 0.3) is 0 Å². The zero-order valence-electron chi connectivity index (χ0n) is 50.0. The second-order valence-electron chi connectivity index (χ2n) is 22.6. The predicted octanol–water partition coefficient (Wildman–Crippen LogP) is 19.4. The molecule has 0 radical (unpaired) electrons. The number of carbonyl (C=O) groups excluding carboxylic acids is 2. The predicted molar refractivity (Wildman–Crippen MR) is 323 cm³/mol. The maximum Gasteiger partial charge on any atom is 0.472 e. The highest BCUT2D eigenvalue weighted by Crippen LogP contribution is 2.43. The number of esters is 1. The van der Waals surface area contributed by atoms with E-state index in [1.165, 1.54) is 193 Å². The van der Waals surface area contributed by atoms with Crippen LogP contribution in [0.3, 0.4) is 0 Å². The van der Waals surface area contributed by atoms with Gasteiger partial charge in [0.15, 0.2) is 0 Å². The smallest absolute Gasteiger partial charge is 0.456 e. The minimum absolute atomic E-state index is 0.0307. The first-order valence-electron chi connectivity index (χ1n) is 31.6. The van der Waals surface area contributed by atoms with Crippen molar-refractivity contribution >= 4 is 19.7 Å². The van der Waals surface area contributed by atoms with Gasteiger partial charge in [0.1, 0.15) is 19.3 Å². The summed E-state index contributed by atoms with van der Waals surface area (Å²) in [5.74, 6) is -0.578.